The average Bonchev–Trinajstić information content (AvgIpc) is 2.72. The molecule has 7 heteroatoms. The van der Waals surface area contributed by atoms with Gasteiger partial charge in [0.1, 0.15) is 5.82 Å². The molecular weight excluding hydrogens is 355 g/mol. The molecule has 0 bridgehead atoms. The molecule has 1 aliphatic heterocycles. The Hall–Kier alpha value is -3.22. The SMILES string of the molecule is Cc1cccc(C)c1Nc1nncc(N2CCN(c3ccc(F)cc3)CC2)n1. The first-order valence-corrected chi connectivity index (χ1v) is 9.38. The van der Waals surface area contributed by atoms with Crippen LogP contribution in [0.15, 0.2) is 48.7 Å². The molecule has 0 saturated carbocycles. The van der Waals surface area contributed by atoms with Crippen molar-refractivity contribution in [3.05, 3.63) is 65.6 Å². The highest BCUT2D eigenvalue weighted by Gasteiger charge is 2.19. The lowest BCUT2D eigenvalue weighted by Crippen LogP contribution is -2.46. The van der Waals surface area contributed by atoms with Crippen LogP contribution in [0.1, 0.15) is 11.1 Å². The molecule has 1 aromatic heterocycles. The van der Waals surface area contributed by atoms with Gasteiger partial charge in [0, 0.05) is 37.6 Å². The van der Waals surface area contributed by atoms with Gasteiger partial charge in [-0.05, 0) is 49.2 Å². The second-order valence-corrected chi connectivity index (χ2v) is 6.98. The third kappa shape index (κ3) is 3.88. The van der Waals surface area contributed by atoms with Crippen molar-refractivity contribution in [3.63, 3.8) is 0 Å². The van der Waals surface area contributed by atoms with Crippen molar-refractivity contribution in [2.24, 2.45) is 0 Å². The first-order valence-electron chi connectivity index (χ1n) is 9.38. The Balaban J connectivity index is 1.44. The third-order valence-corrected chi connectivity index (χ3v) is 5.06. The van der Waals surface area contributed by atoms with Gasteiger partial charge in [0.2, 0.25) is 5.95 Å². The first-order chi connectivity index (χ1) is 13.6. The van der Waals surface area contributed by atoms with E-state index in [-0.39, 0.29) is 5.82 Å². The van der Waals surface area contributed by atoms with E-state index >= 15 is 0 Å². The Morgan fingerprint density at radius 3 is 2.21 bits per heavy atom. The molecule has 144 valence electrons. The van der Waals surface area contributed by atoms with E-state index in [9.17, 15) is 4.39 Å². The van der Waals surface area contributed by atoms with Gasteiger partial charge in [-0.1, -0.05) is 18.2 Å². The van der Waals surface area contributed by atoms with E-state index in [0.29, 0.717) is 5.95 Å². The fourth-order valence-electron chi connectivity index (χ4n) is 3.47. The molecular formula is C21H23FN6. The van der Waals surface area contributed by atoms with E-state index in [1.165, 1.54) is 12.1 Å². The number of para-hydroxylation sites is 1. The summed E-state index contributed by atoms with van der Waals surface area (Å²) in [4.78, 5) is 9.11. The average molecular weight is 378 g/mol. The van der Waals surface area contributed by atoms with Gasteiger partial charge >= 0.3 is 0 Å². The molecule has 4 rings (SSSR count). The van der Waals surface area contributed by atoms with Crippen molar-refractivity contribution in [1.29, 1.82) is 0 Å². The van der Waals surface area contributed by atoms with Crippen LogP contribution in [-0.2, 0) is 0 Å². The lowest BCUT2D eigenvalue weighted by atomic mass is 10.1. The Morgan fingerprint density at radius 2 is 1.54 bits per heavy atom. The summed E-state index contributed by atoms with van der Waals surface area (Å²) in [6, 6.07) is 12.8. The van der Waals surface area contributed by atoms with Gasteiger partial charge in [-0.15, -0.1) is 5.10 Å². The maximum atomic E-state index is 13.1. The Bertz CT molecular complexity index is 931. The predicted octanol–water partition coefficient (Wildman–Crippen LogP) is 3.70. The van der Waals surface area contributed by atoms with Crippen LogP contribution >= 0.6 is 0 Å². The minimum Gasteiger partial charge on any atom is -0.368 e. The van der Waals surface area contributed by atoms with Crippen LogP contribution in [0.5, 0.6) is 0 Å². The Kier molecular flexibility index (Phi) is 5.06. The van der Waals surface area contributed by atoms with Gasteiger partial charge in [-0.25, -0.2) is 4.39 Å². The second kappa shape index (κ2) is 7.80. The van der Waals surface area contributed by atoms with E-state index in [4.69, 9.17) is 0 Å². The molecule has 2 aromatic carbocycles. The van der Waals surface area contributed by atoms with Crippen LogP contribution in [0.25, 0.3) is 0 Å². The van der Waals surface area contributed by atoms with E-state index < -0.39 is 0 Å². The molecule has 1 N–H and O–H groups in total. The van der Waals surface area contributed by atoms with Gasteiger partial charge in [0.15, 0.2) is 5.82 Å². The number of aryl methyl sites for hydroxylation is 2. The molecule has 0 amide bonds. The lowest BCUT2D eigenvalue weighted by Gasteiger charge is -2.36. The molecule has 1 saturated heterocycles. The molecule has 0 unspecified atom stereocenters. The van der Waals surface area contributed by atoms with Crippen molar-refractivity contribution in [2.45, 2.75) is 13.8 Å². The van der Waals surface area contributed by atoms with E-state index in [1.54, 1.807) is 6.20 Å². The highest BCUT2D eigenvalue weighted by Crippen LogP contribution is 2.24. The van der Waals surface area contributed by atoms with Crippen LogP contribution in [0.4, 0.5) is 27.5 Å². The highest BCUT2D eigenvalue weighted by molar-refractivity contribution is 5.63. The number of anilines is 4. The van der Waals surface area contributed by atoms with Crippen molar-refractivity contribution in [3.8, 4) is 0 Å². The monoisotopic (exact) mass is 378 g/mol. The summed E-state index contributed by atoms with van der Waals surface area (Å²) in [5.74, 6) is 1.09. The fraction of sp³-hybridized carbons (Fsp3) is 0.286. The number of nitrogens with one attached hydrogen (secondary N) is 1. The maximum Gasteiger partial charge on any atom is 0.249 e. The summed E-state index contributed by atoms with van der Waals surface area (Å²) in [6.07, 6.45) is 1.70. The van der Waals surface area contributed by atoms with Crippen molar-refractivity contribution in [2.75, 3.05) is 41.3 Å². The Labute approximate surface area is 164 Å². The second-order valence-electron chi connectivity index (χ2n) is 6.98. The summed E-state index contributed by atoms with van der Waals surface area (Å²) < 4.78 is 13.1. The largest absolute Gasteiger partial charge is 0.368 e. The number of aromatic nitrogens is 3. The van der Waals surface area contributed by atoms with Gasteiger partial charge in [-0.2, -0.15) is 10.1 Å². The molecule has 0 radical (unpaired) electrons. The molecule has 0 atom stereocenters. The van der Waals surface area contributed by atoms with E-state index in [0.717, 1.165) is 54.5 Å². The number of hydrogen-bond acceptors (Lipinski definition) is 6. The standard InChI is InChI=1S/C21H23FN6/c1-15-4-3-5-16(2)20(15)25-21-24-19(14-23-26-21)28-12-10-27(11-13-28)18-8-6-17(22)7-9-18/h3-9,14H,10-13H2,1-2H3,(H,24,25,26). The summed E-state index contributed by atoms with van der Waals surface area (Å²) in [7, 11) is 0. The van der Waals surface area contributed by atoms with Gasteiger partial charge in [0.25, 0.3) is 0 Å². The number of nitrogens with zero attached hydrogens (tertiary/aromatic N) is 5. The summed E-state index contributed by atoms with van der Waals surface area (Å²) in [5, 5.41) is 11.6. The molecule has 1 aliphatic rings. The smallest absolute Gasteiger partial charge is 0.249 e. The quantitative estimate of drug-likeness (QED) is 0.747. The van der Waals surface area contributed by atoms with Crippen molar-refractivity contribution < 1.29 is 4.39 Å². The maximum absolute atomic E-state index is 13.1. The zero-order valence-electron chi connectivity index (χ0n) is 16.1. The van der Waals surface area contributed by atoms with Crippen LogP contribution < -0.4 is 15.1 Å². The van der Waals surface area contributed by atoms with Crippen molar-refractivity contribution in [1.82, 2.24) is 15.2 Å². The molecule has 6 nitrogen and oxygen atoms in total. The highest BCUT2D eigenvalue weighted by atomic mass is 19.1. The molecule has 0 spiro atoms. The van der Waals surface area contributed by atoms with Gasteiger partial charge < -0.3 is 15.1 Å². The summed E-state index contributed by atoms with van der Waals surface area (Å²) in [5.41, 5.74) is 4.34. The predicted molar refractivity (Wildman–Crippen MR) is 110 cm³/mol. The van der Waals surface area contributed by atoms with E-state index in [1.807, 2.05) is 18.2 Å². The number of piperazine rings is 1. The molecule has 1 fully saturated rings. The Morgan fingerprint density at radius 1 is 0.893 bits per heavy atom. The fourth-order valence-corrected chi connectivity index (χ4v) is 3.47. The summed E-state index contributed by atoms with van der Waals surface area (Å²) >= 11 is 0. The first kappa shape index (κ1) is 18.2. The molecule has 28 heavy (non-hydrogen) atoms. The number of benzene rings is 2. The zero-order valence-corrected chi connectivity index (χ0v) is 16.1. The lowest BCUT2D eigenvalue weighted by molar-refractivity contribution is 0.624. The van der Waals surface area contributed by atoms with Crippen LogP contribution in [-0.4, -0.2) is 41.4 Å². The topological polar surface area (TPSA) is 57.2 Å². The van der Waals surface area contributed by atoms with Crippen LogP contribution in [0.2, 0.25) is 0 Å². The van der Waals surface area contributed by atoms with Gasteiger partial charge in [-0.3, -0.25) is 0 Å². The van der Waals surface area contributed by atoms with Gasteiger partial charge in [0.05, 0.1) is 6.20 Å². The molecule has 2 heterocycles. The number of hydrogen-bond donors (Lipinski definition) is 1. The molecule has 3 aromatic rings. The third-order valence-electron chi connectivity index (χ3n) is 5.06. The van der Waals surface area contributed by atoms with Crippen molar-refractivity contribution >= 4 is 23.1 Å². The minimum atomic E-state index is -0.210. The van der Waals surface area contributed by atoms with E-state index in [2.05, 4.69) is 56.3 Å². The zero-order chi connectivity index (χ0) is 19.5. The number of rotatable bonds is 4. The minimum absolute atomic E-state index is 0.210. The normalized spacial score (nSPS) is 14.2. The van der Waals surface area contributed by atoms with Crippen LogP contribution in [0.3, 0.4) is 0 Å². The number of halogens is 1. The molecule has 0 aliphatic carbocycles. The van der Waals surface area contributed by atoms with Crippen LogP contribution in [0, 0.1) is 19.7 Å². The summed E-state index contributed by atoms with van der Waals surface area (Å²) in [6.45, 7) is 7.44.